The van der Waals surface area contributed by atoms with E-state index >= 15 is 0 Å². The highest BCUT2D eigenvalue weighted by atomic mass is 35.5. The topological polar surface area (TPSA) is 0 Å². The van der Waals surface area contributed by atoms with Gasteiger partial charge in [0.15, 0.2) is 0 Å². The highest BCUT2D eigenvalue weighted by Crippen LogP contribution is 2.24. The highest BCUT2D eigenvalue weighted by molar-refractivity contribution is 6.33. The average Bonchev–Trinajstić information content (AvgIpc) is 2.20. The van der Waals surface area contributed by atoms with Gasteiger partial charge < -0.3 is 0 Å². The van der Waals surface area contributed by atoms with Crippen molar-refractivity contribution in [1.82, 2.24) is 0 Å². The van der Waals surface area contributed by atoms with Gasteiger partial charge in [0.1, 0.15) is 0 Å². The fourth-order valence-electron chi connectivity index (χ4n) is 1.73. The minimum Gasteiger partial charge on any atom is -0.0843 e. The lowest BCUT2D eigenvalue weighted by Crippen LogP contribution is -2.00. The van der Waals surface area contributed by atoms with Crippen LogP contribution < -0.4 is 0 Å². The van der Waals surface area contributed by atoms with Crippen LogP contribution in [0.15, 0.2) is 18.2 Å². The standard InChI is InChI=1S/C13H18Cl2/c1-3-4-5-10(2)8-11-9-12(14)6-7-13(11)15/h6-7,9-10H,3-5,8H2,1-2H3. The molecule has 0 aliphatic carbocycles. The van der Waals surface area contributed by atoms with Crippen molar-refractivity contribution >= 4 is 23.2 Å². The molecule has 0 N–H and O–H groups in total. The van der Waals surface area contributed by atoms with E-state index in [0.29, 0.717) is 5.92 Å². The summed E-state index contributed by atoms with van der Waals surface area (Å²) in [5.74, 6) is 0.681. The summed E-state index contributed by atoms with van der Waals surface area (Å²) >= 11 is 12.1. The molecular weight excluding hydrogens is 227 g/mol. The summed E-state index contributed by atoms with van der Waals surface area (Å²) in [5.41, 5.74) is 1.17. The average molecular weight is 245 g/mol. The monoisotopic (exact) mass is 244 g/mol. The van der Waals surface area contributed by atoms with E-state index in [1.807, 2.05) is 18.2 Å². The molecule has 0 spiro atoms. The Hall–Kier alpha value is -0.200. The maximum absolute atomic E-state index is 6.12. The van der Waals surface area contributed by atoms with E-state index in [1.54, 1.807) is 0 Å². The fourth-order valence-corrected chi connectivity index (χ4v) is 2.12. The van der Waals surface area contributed by atoms with E-state index in [2.05, 4.69) is 13.8 Å². The molecule has 0 aliphatic heterocycles. The summed E-state index contributed by atoms with van der Waals surface area (Å²) in [6.45, 7) is 4.49. The zero-order valence-corrected chi connectivity index (χ0v) is 10.9. The maximum Gasteiger partial charge on any atom is 0.0439 e. The van der Waals surface area contributed by atoms with Crippen molar-refractivity contribution in [3.05, 3.63) is 33.8 Å². The third kappa shape index (κ3) is 4.44. The number of unbranched alkanes of at least 4 members (excludes halogenated alkanes) is 1. The van der Waals surface area contributed by atoms with Crippen LogP contribution in [-0.2, 0) is 6.42 Å². The van der Waals surface area contributed by atoms with Crippen molar-refractivity contribution in [1.29, 1.82) is 0 Å². The summed E-state index contributed by atoms with van der Waals surface area (Å²) in [7, 11) is 0. The Balaban J connectivity index is 2.59. The normalized spacial score (nSPS) is 12.8. The van der Waals surface area contributed by atoms with Crippen LogP contribution in [-0.4, -0.2) is 0 Å². The van der Waals surface area contributed by atoms with E-state index in [0.717, 1.165) is 16.5 Å². The first-order valence-electron chi connectivity index (χ1n) is 5.57. The minimum absolute atomic E-state index is 0.681. The number of halogens is 2. The number of hydrogen-bond acceptors (Lipinski definition) is 0. The Bertz CT molecular complexity index is 307. The van der Waals surface area contributed by atoms with Gasteiger partial charge in [0, 0.05) is 10.0 Å². The molecule has 1 aromatic carbocycles. The molecule has 0 saturated carbocycles. The molecule has 0 amide bonds. The molecule has 0 bridgehead atoms. The largest absolute Gasteiger partial charge is 0.0843 e. The molecule has 0 aliphatic rings. The third-order valence-electron chi connectivity index (χ3n) is 2.63. The molecule has 1 atom stereocenters. The predicted octanol–water partition coefficient (Wildman–Crippen LogP) is 5.36. The molecule has 1 rings (SSSR count). The van der Waals surface area contributed by atoms with Gasteiger partial charge in [-0.3, -0.25) is 0 Å². The Morgan fingerprint density at radius 1 is 1.27 bits per heavy atom. The van der Waals surface area contributed by atoms with Gasteiger partial charge in [-0.15, -0.1) is 0 Å². The van der Waals surface area contributed by atoms with Crippen LogP contribution in [0.25, 0.3) is 0 Å². The first-order valence-corrected chi connectivity index (χ1v) is 6.33. The summed E-state index contributed by atoms with van der Waals surface area (Å²) in [4.78, 5) is 0. The Labute approximate surface area is 103 Å². The predicted molar refractivity (Wildman–Crippen MR) is 68.9 cm³/mol. The van der Waals surface area contributed by atoms with Crippen LogP contribution in [0, 0.1) is 5.92 Å². The molecule has 1 aromatic rings. The van der Waals surface area contributed by atoms with Crippen LogP contribution in [0.4, 0.5) is 0 Å². The molecule has 0 heterocycles. The summed E-state index contributed by atoms with van der Waals surface area (Å²) in [5, 5.41) is 1.61. The van der Waals surface area contributed by atoms with Gasteiger partial charge in [0.25, 0.3) is 0 Å². The molecule has 84 valence electrons. The SMILES string of the molecule is CCCCC(C)Cc1cc(Cl)ccc1Cl. The summed E-state index contributed by atoms with van der Waals surface area (Å²) in [6.07, 6.45) is 4.84. The van der Waals surface area contributed by atoms with E-state index in [4.69, 9.17) is 23.2 Å². The van der Waals surface area contributed by atoms with Gasteiger partial charge in [-0.2, -0.15) is 0 Å². The molecule has 0 radical (unpaired) electrons. The van der Waals surface area contributed by atoms with Gasteiger partial charge in [-0.25, -0.2) is 0 Å². The van der Waals surface area contributed by atoms with Crippen LogP contribution in [0.5, 0.6) is 0 Å². The molecule has 2 heteroatoms. The number of hydrogen-bond donors (Lipinski definition) is 0. The first kappa shape index (κ1) is 12.9. The van der Waals surface area contributed by atoms with Crippen LogP contribution >= 0.6 is 23.2 Å². The second-order valence-corrected chi connectivity index (χ2v) is 5.03. The van der Waals surface area contributed by atoms with Gasteiger partial charge >= 0.3 is 0 Å². The third-order valence-corrected chi connectivity index (χ3v) is 3.23. The van der Waals surface area contributed by atoms with Gasteiger partial charge in [-0.1, -0.05) is 56.3 Å². The summed E-state index contributed by atoms with van der Waals surface area (Å²) < 4.78 is 0. The molecule has 0 saturated heterocycles. The number of benzene rings is 1. The Kier molecular flexibility index (Phi) is 5.49. The lowest BCUT2D eigenvalue weighted by Gasteiger charge is -2.12. The van der Waals surface area contributed by atoms with Gasteiger partial charge in [-0.05, 0) is 36.1 Å². The summed E-state index contributed by atoms with van der Waals surface area (Å²) in [6, 6.07) is 5.70. The smallest absolute Gasteiger partial charge is 0.0439 e. The molecule has 0 nitrogen and oxygen atoms in total. The zero-order valence-electron chi connectivity index (χ0n) is 9.39. The van der Waals surface area contributed by atoms with Crippen LogP contribution in [0.2, 0.25) is 10.0 Å². The Morgan fingerprint density at radius 2 is 2.00 bits per heavy atom. The van der Waals surface area contributed by atoms with Crippen molar-refractivity contribution in [2.75, 3.05) is 0 Å². The highest BCUT2D eigenvalue weighted by Gasteiger charge is 2.07. The molecular formula is C13H18Cl2. The van der Waals surface area contributed by atoms with E-state index in [-0.39, 0.29) is 0 Å². The van der Waals surface area contributed by atoms with Crippen molar-refractivity contribution < 1.29 is 0 Å². The molecule has 1 unspecified atom stereocenters. The minimum atomic E-state index is 0.681. The van der Waals surface area contributed by atoms with Crippen LogP contribution in [0.1, 0.15) is 38.7 Å². The van der Waals surface area contributed by atoms with Gasteiger partial charge in [0.05, 0.1) is 0 Å². The van der Waals surface area contributed by atoms with Crippen molar-refractivity contribution in [3.8, 4) is 0 Å². The van der Waals surface area contributed by atoms with Gasteiger partial charge in [0.2, 0.25) is 0 Å². The van der Waals surface area contributed by atoms with Crippen molar-refractivity contribution in [3.63, 3.8) is 0 Å². The Morgan fingerprint density at radius 3 is 2.67 bits per heavy atom. The van der Waals surface area contributed by atoms with Crippen LogP contribution in [0.3, 0.4) is 0 Å². The van der Waals surface area contributed by atoms with E-state index < -0.39 is 0 Å². The maximum atomic E-state index is 6.12. The molecule has 15 heavy (non-hydrogen) atoms. The number of rotatable bonds is 5. The van der Waals surface area contributed by atoms with Crippen molar-refractivity contribution in [2.45, 2.75) is 39.5 Å². The molecule has 0 fully saturated rings. The lowest BCUT2D eigenvalue weighted by atomic mass is 9.96. The van der Waals surface area contributed by atoms with E-state index in [9.17, 15) is 0 Å². The van der Waals surface area contributed by atoms with Crippen molar-refractivity contribution in [2.24, 2.45) is 5.92 Å². The quantitative estimate of drug-likeness (QED) is 0.654. The lowest BCUT2D eigenvalue weighted by molar-refractivity contribution is 0.504. The fraction of sp³-hybridized carbons (Fsp3) is 0.538. The second-order valence-electron chi connectivity index (χ2n) is 4.19. The zero-order chi connectivity index (χ0) is 11.3. The van der Waals surface area contributed by atoms with E-state index in [1.165, 1.54) is 24.8 Å². The first-order chi connectivity index (χ1) is 7.13. The molecule has 0 aromatic heterocycles. The second kappa shape index (κ2) is 6.40.